The maximum Gasteiger partial charge on any atom is 0.433 e. The molecule has 1 saturated heterocycles. The van der Waals surface area contributed by atoms with E-state index in [1.807, 2.05) is 13.0 Å². The molecule has 0 aliphatic carbocycles. The number of halogens is 5. The summed E-state index contributed by atoms with van der Waals surface area (Å²) < 4.78 is 67.8. The van der Waals surface area contributed by atoms with Crippen LogP contribution in [0, 0.1) is 13.8 Å². The number of hydrogen-bond acceptors (Lipinski definition) is 3. The summed E-state index contributed by atoms with van der Waals surface area (Å²) in [7, 11) is 0. The Labute approximate surface area is 171 Å². The van der Waals surface area contributed by atoms with E-state index in [-0.39, 0.29) is 42.7 Å². The summed E-state index contributed by atoms with van der Waals surface area (Å²) in [6.07, 6.45) is -4.36. The number of hydrogen-bond donors (Lipinski definition) is 1. The molecular formula is C21H22F5N3O. The molecule has 4 nitrogen and oxygen atoms in total. The Bertz CT molecular complexity index is 943. The first-order chi connectivity index (χ1) is 14.0. The van der Waals surface area contributed by atoms with Gasteiger partial charge in [0.2, 0.25) is 5.92 Å². The number of nitrogens with one attached hydrogen (secondary N) is 1. The van der Waals surface area contributed by atoms with Crippen molar-refractivity contribution in [1.82, 2.24) is 4.98 Å². The van der Waals surface area contributed by atoms with E-state index in [0.29, 0.717) is 5.69 Å². The lowest BCUT2D eigenvalue weighted by Crippen LogP contribution is -2.30. The van der Waals surface area contributed by atoms with E-state index in [9.17, 15) is 26.7 Å². The number of carbonyl (C=O) groups is 1. The zero-order chi connectivity index (χ0) is 22.1. The highest BCUT2D eigenvalue weighted by molar-refractivity contribution is 6.09. The molecule has 1 fully saturated rings. The fraction of sp³-hybridized carbons (Fsp3) is 0.429. The van der Waals surface area contributed by atoms with Gasteiger partial charge in [0.25, 0.3) is 5.91 Å². The number of benzene rings is 1. The summed E-state index contributed by atoms with van der Waals surface area (Å²) in [6.45, 7) is 3.12. The predicted octanol–water partition coefficient (Wildman–Crippen LogP) is 5.60. The Morgan fingerprint density at radius 1 is 1.17 bits per heavy atom. The average Bonchev–Trinajstić information content (AvgIpc) is 2.80. The summed E-state index contributed by atoms with van der Waals surface area (Å²) in [4.78, 5) is 18.1. The molecule has 1 aromatic carbocycles. The van der Waals surface area contributed by atoms with E-state index in [1.54, 1.807) is 18.2 Å². The highest BCUT2D eigenvalue weighted by atomic mass is 19.4. The first kappa shape index (κ1) is 22.0. The number of aryl methyl sites for hydroxylation is 1. The molecule has 1 aliphatic heterocycles. The van der Waals surface area contributed by atoms with Crippen LogP contribution in [0.25, 0.3) is 0 Å². The third-order valence-electron chi connectivity index (χ3n) is 5.13. The molecule has 9 heteroatoms. The normalized spacial score (nSPS) is 16.8. The number of alkyl halides is 5. The van der Waals surface area contributed by atoms with Crippen molar-refractivity contribution in [2.75, 3.05) is 23.3 Å². The topological polar surface area (TPSA) is 45.2 Å². The lowest BCUT2D eigenvalue weighted by atomic mass is 10.0. The smallest absolute Gasteiger partial charge is 0.369 e. The van der Waals surface area contributed by atoms with Crippen LogP contribution in [-0.4, -0.2) is 29.9 Å². The van der Waals surface area contributed by atoms with Gasteiger partial charge in [-0.15, -0.1) is 0 Å². The second kappa shape index (κ2) is 8.20. The van der Waals surface area contributed by atoms with Gasteiger partial charge >= 0.3 is 6.18 Å². The highest BCUT2D eigenvalue weighted by Crippen LogP contribution is 2.37. The zero-order valence-corrected chi connectivity index (χ0v) is 16.6. The molecule has 1 aliphatic rings. The Hall–Kier alpha value is -2.71. The monoisotopic (exact) mass is 427 g/mol. The van der Waals surface area contributed by atoms with Crippen LogP contribution >= 0.6 is 0 Å². The minimum absolute atomic E-state index is 0.0792. The van der Waals surface area contributed by atoms with Crippen LogP contribution in [0.15, 0.2) is 30.5 Å². The third kappa shape index (κ3) is 4.88. The summed E-state index contributed by atoms with van der Waals surface area (Å²) in [5.41, 5.74) is -0.280. The van der Waals surface area contributed by atoms with Gasteiger partial charge in [-0.05, 0) is 43.5 Å². The van der Waals surface area contributed by atoms with Gasteiger partial charge < -0.3 is 10.2 Å². The van der Waals surface area contributed by atoms with Crippen LogP contribution in [-0.2, 0) is 6.18 Å². The molecule has 3 rings (SSSR count). The molecule has 1 aromatic heterocycles. The molecule has 2 heterocycles. The van der Waals surface area contributed by atoms with Crippen molar-refractivity contribution in [3.63, 3.8) is 0 Å². The van der Waals surface area contributed by atoms with Crippen molar-refractivity contribution >= 4 is 17.3 Å². The molecular weight excluding hydrogens is 405 g/mol. The largest absolute Gasteiger partial charge is 0.433 e. The van der Waals surface area contributed by atoms with Gasteiger partial charge in [0.1, 0.15) is 5.69 Å². The van der Waals surface area contributed by atoms with Gasteiger partial charge in [0.15, 0.2) is 0 Å². The standard InChI is InChI=1S/C21H22F5N3O/c1-13-5-3-6-15(11-13)28-19(30)17-14(2)18(21(24,25)26)27-12-16(17)29-9-4-7-20(22,23)8-10-29/h3,5-6,11-12H,4,7-10H2,1-2H3,(H,28,30). The first-order valence-corrected chi connectivity index (χ1v) is 9.55. The maximum atomic E-state index is 13.8. The van der Waals surface area contributed by atoms with Crippen LogP contribution in [0.3, 0.4) is 0 Å². The number of nitrogens with zero attached hydrogens (tertiary/aromatic N) is 2. The zero-order valence-electron chi connectivity index (χ0n) is 16.6. The number of pyridine rings is 1. The number of anilines is 2. The summed E-state index contributed by atoms with van der Waals surface area (Å²) >= 11 is 0. The van der Waals surface area contributed by atoms with Crippen LogP contribution in [0.5, 0.6) is 0 Å². The lowest BCUT2D eigenvalue weighted by molar-refractivity contribution is -0.141. The van der Waals surface area contributed by atoms with Crippen LogP contribution < -0.4 is 10.2 Å². The maximum absolute atomic E-state index is 13.8. The number of aromatic nitrogens is 1. The van der Waals surface area contributed by atoms with Crippen molar-refractivity contribution < 1.29 is 26.7 Å². The molecule has 0 radical (unpaired) electrons. The van der Waals surface area contributed by atoms with Crippen LogP contribution in [0.4, 0.5) is 33.3 Å². The molecule has 0 atom stereocenters. The van der Waals surface area contributed by atoms with Crippen molar-refractivity contribution in [1.29, 1.82) is 0 Å². The Morgan fingerprint density at radius 3 is 2.57 bits per heavy atom. The van der Waals surface area contributed by atoms with Gasteiger partial charge in [-0.1, -0.05) is 12.1 Å². The predicted molar refractivity (Wildman–Crippen MR) is 104 cm³/mol. The number of amides is 1. The Kier molecular flexibility index (Phi) is 6.01. The van der Waals surface area contributed by atoms with Gasteiger partial charge in [-0.2, -0.15) is 13.2 Å². The van der Waals surface area contributed by atoms with Crippen LogP contribution in [0.1, 0.15) is 46.4 Å². The Morgan fingerprint density at radius 2 is 1.90 bits per heavy atom. The van der Waals surface area contributed by atoms with E-state index in [2.05, 4.69) is 10.3 Å². The molecule has 30 heavy (non-hydrogen) atoms. The fourth-order valence-electron chi connectivity index (χ4n) is 3.63. The SMILES string of the molecule is Cc1cccc(NC(=O)c2c(N3CCCC(F)(F)CC3)cnc(C(F)(F)F)c2C)c1. The van der Waals surface area contributed by atoms with E-state index >= 15 is 0 Å². The highest BCUT2D eigenvalue weighted by Gasteiger charge is 2.38. The lowest BCUT2D eigenvalue weighted by Gasteiger charge is -2.27. The quantitative estimate of drug-likeness (QED) is 0.649. The van der Waals surface area contributed by atoms with E-state index < -0.39 is 30.1 Å². The van der Waals surface area contributed by atoms with Gasteiger partial charge in [-0.3, -0.25) is 4.79 Å². The average molecular weight is 427 g/mol. The summed E-state index contributed by atoms with van der Waals surface area (Å²) in [5, 5.41) is 2.62. The minimum Gasteiger partial charge on any atom is -0.369 e. The second-order valence-corrected chi connectivity index (χ2v) is 7.51. The number of carbonyl (C=O) groups excluding carboxylic acids is 1. The Balaban J connectivity index is 2.04. The van der Waals surface area contributed by atoms with E-state index in [0.717, 1.165) is 11.8 Å². The van der Waals surface area contributed by atoms with E-state index in [4.69, 9.17) is 0 Å². The van der Waals surface area contributed by atoms with E-state index in [1.165, 1.54) is 11.8 Å². The first-order valence-electron chi connectivity index (χ1n) is 9.55. The van der Waals surface area contributed by atoms with Crippen molar-refractivity contribution in [2.45, 2.75) is 45.2 Å². The molecule has 2 aromatic rings. The fourth-order valence-corrected chi connectivity index (χ4v) is 3.63. The molecule has 162 valence electrons. The molecule has 1 amide bonds. The molecule has 0 unspecified atom stereocenters. The minimum atomic E-state index is -4.74. The van der Waals surface area contributed by atoms with Crippen molar-refractivity contribution in [2.24, 2.45) is 0 Å². The van der Waals surface area contributed by atoms with Crippen molar-refractivity contribution in [3.05, 3.63) is 52.8 Å². The van der Waals surface area contributed by atoms with Gasteiger partial charge in [0, 0.05) is 31.6 Å². The van der Waals surface area contributed by atoms with Gasteiger partial charge in [-0.25, -0.2) is 13.8 Å². The summed E-state index contributed by atoms with van der Waals surface area (Å²) in [6, 6.07) is 6.84. The molecule has 0 bridgehead atoms. The summed E-state index contributed by atoms with van der Waals surface area (Å²) in [5.74, 6) is -3.58. The van der Waals surface area contributed by atoms with Crippen molar-refractivity contribution in [3.8, 4) is 0 Å². The molecule has 0 spiro atoms. The second-order valence-electron chi connectivity index (χ2n) is 7.51. The number of rotatable bonds is 3. The third-order valence-corrected chi connectivity index (χ3v) is 5.13. The molecule has 1 N–H and O–H groups in total. The molecule has 0 saturated carbocycles. The van der Waals surface area contributed by atoms with Crippen LogP contribution in [0.2, 0.25) is 0 Å². The van der Waals surface area contributed by atoms with Gasteiger partial charge in [0.05, 0.1) is 17.4 Å².